The first-order valence-corrected chi connectivity index (χ1v) is 20.0. The molecule has 0 saturated heterocycles. The molecule has 1 aliphatic carbocycles. The molecule has 0 aliphatic heterocycles. The van der Waals surface area contributed by atoms with Gasteiger partial charge in [0.2, 0.25) is 5.91 Å². The van der Waals surface area contributed by atoms with Crippen LogP contribution in [-0.2, 0) is 14.3 Å². The fourth-order valence-corrected chi connectivity index (χ4v) is 7.54. The van der Waals surface area contributed by atoms with Gasteiger partial charge in [-0.3, -0.25) is 9.59 Å². The Bertz CT molecular complexity index is 2340. The smallest absolute Gasteiger partial charge is 0.407 e. The Balaban J connectivity index is 0.973. The van der Waals surface area contributed by atoms with Gasteiger partial charge in [-0.2, -0.15) is 0 Å². The minimum atomic E-state index is -0.630. The van der Waals surface area contributed by atoms with E-state index in [0.29, 0.717) is 22.8 Å². The van der Waals surface area contributed by atoms with Crippen LogP contribution >= 0.6 is 0 Å². The van der Waals surface area contributed by atoms with Crippen molar-refractivity contribution in [2.45, 2.75) is 38.3 Å². The fraction of sp³-hybridized carbons (Fsp3) is 0.220. The van der Waals surface area contributed by atoms with Gasteiger partial charge in [-0.05, 0) is 77.1 Å². The molecule has 3 amide bonds. The lowest BCUT2D eigenvalue weighted by atomic mass is 9.97. The molecule has 306 valence electrons. The lowest BCUT2D eigenvalue weighted by molar-refractivity contribution is -0.123. The van der Waals surface area contributed by atoms with Crippen molar-refractivity contribution in [1.82, 2.24) is 16.0 Å². The van der Waals surface area contributed by atoms with E-state index in [4.69, 9.17) is 18.9 Å². The molecule has 0 heterocycles. The quantitative estimate of drug-likeness (QED) is 0.0895. The van der Waals surface area contributed by atoms with E-state index in [1.807, 2.05) is 105 Å². The summed E-state index contributed by atoms with van der Waals surface area (Å²) >= 11 is 0. The second kappa shape index (κ2) is 19.1. The van der Waals surface area contributed by atoms with E-state index in [1.165, 1.54) is 0 Å². The van der Waals surface area contributed by atoms with Crippen molar-refractivity contribution in [3.05, 3.63) is 184 Å². The number of fused-ring (bicyclic) bond motifs is 3. The van der Waals surface area contributed by atoms with Gasteiger partial charge >= 0.3 is 6.09 Å². The van der Waals surface area contributed by atoms with Crippen LogP contribution in [0.4, 0.5) is 4.79 Å². The maximum Gasteiger partial charge on any atom is 0.407 e. The molecule has 3 N–H and O–H groups in total. The third-order valence-corrected chi connectivity index (χ3v) is 10.7. The molecule has 1 unspecified atom stereocenters. The van der Waals surface area contributed by atoms with Gasteiger partial charge in [0.05, 0.1) is 26.3 Å². The van der Waals surface area contributed by atoms with E-state index in [2.05, 4.69) is 40.2 Å². The number of carbonyl (C=O) groups is 3. The molecule has 0 spiro atoms. The molecule has 10 heteroatoms. The van der Waals surface area contributed by atoms with Crippen LogP contribution in [0.5, 0.6) is 17.2 Å². The van der Waals surface area contributed by atoms with Gasteiger partial charge in [0, 0.05) is 30.5 Å². The second-order valence-corrected chi connectivity index (χ2v) is 14.8. The number of methoxy groups -OCH3 is 2. The molecule has 0 aromatic heterocycles. The Hall–Kier alpha value is -7.07. The van der Waals surface area contributed by atoms with Gasteiger partial charge in [0.25, 0.3) is 5.91 Å². The molecule has 6 aromatic rings. The number of hydrogen-bond donors (Lipinski definition) is 3. The van der Waals surface area contributed by atoms with Gasteiger partial charge in [-0.15, -0.1) is 0 Å². The molecule has 0 fully saturated rings. The predicted octanol–water partition coefficient (Wildman–Crippen LogP) is 8.74. The Morgan fingerprint density at radius 2 is 1.13 bits per heavy atom. The number of benzene rings is 6. The van der Waals surface area contributed by atoms with Crippen LogP contribution in [0, 0.1) is 13.8 Å². The predicted molar refractivity (Wildman–Crippen MR) is 232 cm³/mol. The zero-order valence-corrected chi connectivity index (χ0v) is 34.2. The number of carbonyl (C=O) groups excluding carboxylic acids is 3. The average molecular weight is 804 g/mol. The fourth-order valence-electron chi connectivity index (χ4n) is 7.54. The lowest BCUT2D eigenvalue weighted by Gasteiger charge is -2.23. The average Bonchev–Trinajstić information content (AvgIpc) is 3.60. The topological polar surface area (TPSA) is 124 Å². The van der Waals surface area contributed by atoms with Crippen LogP contribution in [-0.4, -0.2) is 51.9 Å². The first-order chi connectivity index (χ1) is 29.2. The lowest BCUT2D eigenvalue weighted by Crippen LogP contribution is -2.34. The highest BCUT2D eigenvalue weighted by Crippen LogP contribution is 2.44. The Labute approximate surface area is 350 Å². The molecular weight excluding hydrogens is 755 g/mol. The van der Waals surface area contributed by atoms with E-state index in [0.717, 1.165) is 50.1 Å². The van der Waals surface area contributed by atoms with Gasteiger partial charge < -0.3 is 34.9 Å². The van der Waals surface area contributed by atoms with Crippen molar-refractivity contribution in [2.24, 2.45) is 0 Å². The zero-order chi connectivity index (χ0) is 42.0. The number of rotatable bonds is 16. The van der Waals surface area contributed by atoms with E-state index in [1.54, 1.807) is 38.5 Å². The standard InChI is InChI=1S/C50H49N3O7/c1-32-13-17-34(18-14-32)48(35-19-15-33(2)16-20-35)53-47(55)31-59-37-23-21-36(22-24-37)49(43-26-25-38(57-3)29-45(43)58-4)52-46(54)27-28-51-50(56)60-30-44-41-11-7-5-9-39(41)40-10-6-8-12-42(40)44/h5-26,29,44,48-49H,27-28,30-31H2,1-4H3,(H,51,56)(H,52,54)(H,53,55). The Kier molecular flexibility index (Phi) is 13.1. The first kappa shape index (κ1) is 41.1. The summed E-state index contributed by atoms with van der Waals surface area (Å²) in [6.07, 6.45) is -0.593. The summed E-state index contributed by atoms with van der Waals surface area (Å²) in [4.78, 5) is 39.6. The maximum atomic E-state index is 13.5. The summed E-state index contributed by atoms with van der Waals surface area (Å²) in [5, 5.41) is 8.97. The van der Waals surface area contributed by atoms with Gasteiger partial charge in [-0.1, -0.05) is 120 Å². The van der Waals surface area contributed by atoms with Crippen molar-refractivity contribution in [1.29, 1.82) is 0 Å². The molecule has 60 heavy (non-hydrogen) atoms. The molecule has 7 rings (SSSR count). The number of nitrogens with one attached hydrogen (secondary N) is 3. The maximum absolute atomic E-state index is 13.5. The van der Waals surface area contributed by atoms with Crippen molar-refractivity contribution in [3.63, 3.8) is 0 Å². The van der Waals surface area contributed by atoms with Gasteiger partial charge in [0.1, 0.15) is 23.9 Å². The monoisotopic (exact) mass is 803 g/mol. The molecule has 0 radical (unpaired) electrons. The van der Waals surface area contributed by atoms with Gasteiger partial charge in [-0.25, -0.2) is 4.79 Å². The second-order valence-electron chi connectivity index (χ2n) is 14.8. The summed E-state index contributed by atoms with van der Waals surface area (Å²) in [5.41, 5.74) is 10.2. The summed E-state index contributed by atoms with van der Waals surface area (Å²) in [6.45, 7) is 4.11. The highest BCUT2D eigenvalue weighted by atomic mass is 16.5. The van der Waals surface area contributed by atoms with E-state index in [-0.39, 0.29) is 50.0 Å². The Morgan fingerprint density at radius 3 is 1.72 bits per heavy atom. The SMILES string of the molecule is COc1ccc(C(NC(=O)CCNC(=O)OCC2c3ccccc3-c3ccccc32)c2ccc(OCC(=O)NC(c3ccc(C)cc3)c3ccc(C)cc3)cc2)c(OC)c1. The first-order valence-electron chi connectivity index (χ1n) is 20.0. The summed E-state index contributed by atoms with van der Waals surface area (Å²) in [5.74, 6) is 0.957. The van der Waals surface area contributed by atoms with E-state index < -0.39 is 12.1 Å². The van der Waals surface area contributed by atoms with Crippen LogP contribution in [0.2, 0.25) is 0 Å². The largest absolute Gasteiger partial charge is 0.497 e. The van der Waals surface area contributed by atoms with Gasteiger partial charge in [0.15, 0.2) is 6.61 Å². The van der Waals surface area contributed by atoms with Crippen molar-refractivity contribution < 1.29 is 33.3 Å². The normalized spacial score (nSPS) is 12.2. The minimum Gasteiger partial charge on any atom is -0.497 e. The number of hydrogen-bond acceptors (Lipinski definition) is 7. The van der Waals surface area contributed by atoms with Crippen molar-refractivity contribution >= 4 is 17.9 Å². The molecule has 1 aliphatic rings. The Morgan fingerprint density at radius 1 is 0.600 bits per heavy atom. The number of aryl methyl sites for hydroxylation is 2. The zero-order valence-electron chi connectivity index (χ0n) is 34.2. The van der Waals surface area contributed by atoms with Crippen LogP contribution < -0.4 is 30.2 Å². The summed E-state index contributed by atoms with van der Waals surface area (Å²) in [6, 6.07) is 44.1. The third-order valence-electron chi connectivity index (χ3n) is 10.7. The van der Waals surface area contributed by atoms with Crippen molar-refractivity contribution in [2.75, 3.05) is 34.0 Å². The van der Waals surface area contributed by atoms with Crippen LogP contribution in [0.1, 0.15) is 68.9 Å². The summed E-state index contributed by atoms with van der Waals surface area (Å²) in [7, 11) is 3.13. The number of ether oxygens (including phenoxy) is 4. The molecule has 6 aromatic carbocycles. The van der Waals surface area contributed by atoms with Crippen LogP contribution in [0.15, 0.2) is 140 Å². The highest BCUT2D eigenvalue weighted by Gasteiger charge is 2.29. The number of alkyl carbamates (subject to hydrolysis) is 1. The summed E-state index contributed by atoms with van der Waals surface area (Å²) < 4.78 is 22.7. The molecular formula is C50H49N3O7. The molecule has 10 nitrogen and oxygen atoms in total. The number of amides is 3. The van der Waals surface area contributed by atoms with E-state index in [9.17, 15) is 14.4 Å². The van der Waals surface area contributed by atoms with Crippen LogP contribution in [0.25, 0.3) is 11.1 Å². The molecule has 0 bridgehead atoms. The molecule has 0 saturated carbocycles. The minimum absolute atomic E-state index is 0.00163. The van der Waals surface area contributed by atoms with Crippen LogP contribution in [0.3, 0.4) is 0 Å². The highest BCUT2D eigenvalue weighted by molar-refractivity contribution is 5.80. The third kappa shape index (κ3) is 9.78. The van der Waals surface area contributed by atoms with E-state index >= 15 is 0 Å². The molecule has 1 atom stereocenters. The van der Waals surface area contributed by atoms with Crippen molar-refractivity contribution in [3.8, 4) is 28.4 Å².